The van der Waals surface area contributed by atoms with E-state index in [9.17, 15) is 4.79 Å². The van der Waals surface area contributed by atoms with Crippen molar-refractivity contribution in [3.05, 3.63) is 0 Å². The quantitative estimate of drug-likeness (QED) is 0.728. The highest BCUT2D eigenvalue weighted by atomic mass is 16.5. The average molecular weight is 225 g/mol. The number of hydrogen-bond acceptors (Lipinski definition) is 3. The van der Waals surface area contributed by atoms with Gasteiger partial charge in [0.15, 0.2) is 0 Å². The van der Waals surface area contributed by atoms with Crippen LogP contribution in [0.25, 0.3) is 0 Å². The van der Waals surface area contributed by atoms with Crippen molar-refractivity contribution in [2.75, 3.05) is 13.2 Å². The molecule has 0 aromatic rings. The van der Waals surface area contributed by atoms with E-state index in [0.717, 1.165) is 31.6 Å². The summed E-state index contributed by atoms with van der Waals surface area (Å²) in [5.74, 6) is 1.13. The lowest BCUT2D eigenvalue weighted by molar-refractivity contribution is -0.149. The maximum atomic E-state index is 11.5. The van der Waals surface area contributed by atoms with Gasteiger partial charge >= 0.3 is 5.97 Å². The molecule has 0 heterocycles. The topological polar surface area (TPSA) is 38.3 Å². The predicted molar refractivity (Wildman–Crippen MR) is 63.1 cm³/mol. The molecule has 2 fully saturated rings. The molecule has 0 radical (unpaired) electrons. The van der Waals surface area contributed by atoms with Gasteiger partial charge in [0.05, 0.1) is 12.5 Å². The van der Waals surface area contributed by atoms with E-state index >= 15 is 0 Å². The molecular formula is C13H23NO2. The molecule has 0 atom stereocenters. The highest BCUT2D eigenvalue weighted by Crippen LogP contribution is 2.29. The third-order valence-electron chi connectivity index (χ3n) is 3.74. The summed E-state index contributed by atoms with van der Waals surface area (Å²) >= 11 is 0. The van der Waals surface area contributed by atoms with E-state index in [1.807, 2.05) is 6.92 Å². The van der Waals surface area contributed by atoms with E-state index < -0.39 is 0 Å². The number of rotatable bonds is 5. The summed E-state index contributed by atoms with van der Waals surface area (Å²) in [6.07, 6.45) is 7.09. The zero-order valence-corrected chi connectivity index (χ0v) is 10.2. The lowest BCUT2D eigenvalue weighted by Crippen LogP contribution is -2.36. The number of ether oxygens (including phenoxy) is 1. The van der Waals surface area contributed by atoms with E-state index in [-0.39, 0.29) is 11.9 Å². The van der Waals surface area contributed by atoms with Gasteiger partial charge < -0.3 is 10.1 Å². The SMILES string of the molecule is CCOC(=O)C1CCC(NCC2CC2)CC1. The van der Waals surface area contributed by atoms with Gasteiger partial charge in [-0.05, 0) is 57.9 Å². The molecule has 0 aromatic carbocycles. The Morgan fingerprint density at radius 2 is 1.88 bits per heavy atom. The van der Waals surface area contributed by atoms with Crippen LogP contribution in [0, 0.1) is 11.8 Å². The van der Waals surface area contributed by atoms with Gasteiger partial charge in [-0.25, -0.2) is 0 Å². The first kappa shape index (κ1) is 11.9. The highest BCUT2D eigenvalue weighted by Gasteiger charge is 2.28. The lowest BCUT2D eigenvalue weighted by Gasteiger charge is -2.27. The molecule has 2 rings (SSSR count). The normalized spacial score (nSPS) is 30.1. The molecule has 2 aliphatic carbocycles. The highest BCUT2D eigenvalue weighted by molar-refractivity contribution is 5.72. The summed E-state index contributed by atoms with van der Waals surface area (Å²) in [5.41, 5.74) is 0. The van der Waals surface area contributed by atoms with Gasteiger partial charge in [0, 0.05) is 6.04 Å². The van der Waals surface area contributed by atoms with Crippen LogP contribution in [0.5, 0.6) is 0 Å². The standard InChI is InChI=1S/C13H23NO2/c1-2-16-13(15)11-5-7-12(8-6-11)14-9-10-3-4-10/h10-12,14H,2-9H2,1H3. The van der Waals surface area contributed by atoms with Gasteiger partial charge in [0.25, 0.3) is 0 Å². The second-order valence-electron chi connectivity index (χ2n) is 5.15. The van der Waals surface area contributed by atoms with Crippen molar-refractivity contribution in [1.29, 1.82) is 0 Å². The number of hydrogen-bond donors (Lipinski definition) is 1. The second-order valence-corrected chi connectivity index (χ2v) is 5.15. The number of nitrogens with one attached hydrogen (secondary N) is 1. The molecule has 2 saturated carbocycles. The number of esters is 1. The molecule has 0 unspecified atom stereocenters. The van der Waals surface area contributed by atoms with Crippen molar-refractivity contribution in [2.45, 2.75) is 51.5 Å². The molecule has 3 nitrogen and oxygen atoms in total. The van der Waals surface area contributed by atoms with Crippen LogP contribution < -0.4 is 5.32 Å². The zero-order valence-electron chi connectivity index (χ0n) is 10.2. The van der Waals surface area contributed by atoms with Crippen molar-refractivity contribution in [3.63, 3.8) is 0 Å². The molecule has 16 heavy (non-hydrogen) atoms. The van der Waals surface area contributed by atoms with Crippen molar-refractivity contribution in [3.8, 4) is 0 Å². The Balaban J connectivity index is 1.63. The Bertz CT molecular complexity index is 230. The first-order valence-electron chi connectivity index (χ1n) is 6.69. The molecule has 0 amide bonds. The fraction of sp³-hybridized carbons (Fsp3) is 0.923. The van der Waals surface area contributed by atoms with Crippen molar-refractivity contribution < 1.29 is 9.53 Å². The summed E-state index contributed by atoms with van der Waals surface area (Å²) < 4.78 is 5.07. The first-order valence-corrected chi connectivity index (χ1v) is 6.69. The smallest absolute Gasteiger partial charge is 0.308 e. The van der Waals surface area contributed by atoms with Crippen LogP contribution >= 0.6 is 0 Å². The number of carbonyl (C=O) groups excluding carboxylic acids is 1. The Morgan fingerprint density at radius 3 is 2.44 bits per heavy atom. The van der Waals surface area contributed by atoms with Crippen LogP contribution in [0.2, 0.25) is 0 Å². The molecule has 0 bridgehead atoms. The van der Waals surface area contributed by atoms with Gasteiger partial charge in [-0.3, -0.25) is 4.79 Å². The monoisotopic (exact) mass is 225 g/mol. The van der Waals surface area contributed by atoms with Gasteiger partial charge in [-0.1, -0.05) is 0 Å². The van der Waals surface area contributed by atoms with E-state index in [0.29, 0.717) is 12.6 Å². The Kier molecular flexibility index (Phi) is 4.22. The number of carbonyl (C=O) groups is 1. The van der Waals surface area contributed by atoms with Crippen LogP contribution in [0.15, 0.2) is 0 Å². The molecule has 0 saturated heterocycles. The van der Waals surface area contributed by atoms with E-state index in [1.54, 1.807) is 0 Å². The molecule has 92 valence electrons. The second kappa shape index (κ2) is 5.67. The largest absolute Gasteiger partial charge is 0.466 e. The van der Waals surface area contributed by atoms with E-state index in [2.05, 4.69) is 5.32 Å². The van der Waals surface area contributed by atoms with Gasteiger partial charge in [0.1, 0.15) is 0 Å². The van der Waals surface area contributed by atoms with Crippen LogP contribution in [0.1, 0.15) is 45.4 Å². The molecule has 0 spiro atoms. The van der Waals surface area contributed by atoms with Crippen LogP contribution in [-0.4, -0.2) is 25.2 Å². The third kappa shape index (κ3) is 3.48. The molecule has 2 aliphatic rings. The summed E-state index contributed by atoms with van der Waals surface area (Å²) in [7, 11) is 0. The zero-order chi connectivity index (χ0) is 11.4. The Hall–Kier alpha value is -0.570. The fourth-order valence-electron chi connectivity index (χ4n) is 2.45. The maximum Gasteiger partial charge on any atom is 0.308 e. The van der Waals surface area contributed by atoms with Gasteiger partial charge in [-0.15, -0.1) is 0 Å². The summed E-state index contributed by atoms with van der Waals surface area (Å²) in [6, 6.07) is 0.645. The maximum absolute atomic E-state index is 11.5. The van der Waals surface area contributed by atoms with Crippen molar-refractivity contribution in [1.82, 2.24) is 5.32 Å². The minimum absolute atomic E-state index is 0.0168. The Morgan fingerprint density at radius 1 is 1.19 bits per heavy atom. The fourth-order valence-corrected chi connectivity index (χ4v) is 2.45. The molecule has 0 aliphatic heterocycles. The summed E-state index contributed by atoms with van der Waals surface area (Å²) in [6.45, 7) is 3.58. The van der Waals surface area contributed by atoms with Gasteiger partial charge in [-0.2, -0.15) is 0 Å². The van der Waals surface area contributed by atoms with Crippen molar-refractivity contribution >= 4 is 5.97 Å². The third-order valence-corrected chi connectivity index (χ3v) is 3.74. The summed E-state index contributed by atoms with van der Waals surface area (Å²) in [4.78, 5) is 11.5. The van der Waals surface area contributed by atoms with Crippen LogP contribution in [-0.2, 0) is 9.53 Å². The predicted octanol–water partition coefficient (Wildman–Crippen LogP) is 2.11. The minimum Gasteiger partial charge on any atom is -0.466 e. The lowest BCUT2D eigenvalue weighted by atomic mass is 9.86. The molecule has 3 heteroatoms. The van der Waals surface area contributed by atoms with Crippen LogP contribution in [0.3, 0.4) is 0 Å². The van der Waals surface area contributed by atoms with E-state index in [1.165, 1.54) is 19.4 Å². The van der Waals surface area contributed by atoms with Gasteiger partial charge in [0.2, 0.25) is 0 Å². The first-order chi connectivity index (χ1) is 7.79. The van der Waals surface area contributed by atoms with E-state index in [4.69, 9.17) is 4.74 Å². The molecule has 1 N–H and O–H groups in total. The average Bonchev–Trinajstić information content (AvgIpc) is 3.11. The molecular weight excluding hydrogens is 202 g/mol. The molecule has 0 aromatic heterocycles. The summed E-state index contributed by atoms with van der Waals surface area (Å²) in [5, 5.41) is 3.62. The Labute approximate surface area is 97.9 Å². The van der Waals surface area contributed by atoms with Crippen molar-refractivity contribution in [2.24, 2.45) is 11.8 Å². The van der Waals surface area contributed by atoms with Crippen LogP contribution in [0.4, 0.5) is 0 Å². The minimum atomic E-state index is 0.0168.